The van der Waals surface area contributed by atoms with E-state index in [0.29, 0.717) is 6.54 Å². The molecule has 0 unspecified atom stereocenters. The molecule has 0 heterocycles. The van der Waals surface area contributed by atoms with Crippen molar-refractivity contribution in [2.24, 2.45) is 5.73 Å². The van der Waals surface area contributed by atoms with Gasteiger partial charge in [0.1, 0.15) is 0 Å². The highest BCUT2D eigenvalue weighted by Gasteiger charge is 2.21. The summed E-state index contributed by atoms with van der Waals surface area (Å²) in [5, 5.41) is 2.64. The first-order valence-corrected chi connectivity index (χ1v) is 5.94. The van der Waals surface area contributed by atoms with Crippen LogP contribution in [-0.2, 0) is 0 Å². The maximum absolute atomic E-state index is 13.0. The summed E-state index contributed by atoms with van der Waals surface area (Å²) in [6.07, 6.45) is 1.45. The van der Waals surface area contributed by atoms with E-state index in [-0.39, 0.29) is 18.0 Å². The van der Waals surface area contributed by atoms with Crippen molar-refractivity contribution in [1.29, 1.82) is 0 Å². The SMILES string of the molecule is CCC(N)(CC)CNC(=O)c1ccc(F)c(F)c1.Cl. The Hall–Kier alpha value is -1.20. The summed E-state index contributed by atoms with van der Waals surface area (Å²) in [7, 11) is 0. The Kier molecular flexibility index (Phi) is 6.94. The Labute approximate surface area is 118 Å². The lowest BCUT2D eigenvalue weighted by molar-refractivity contribution is 0.0941. The number of amides is 1. The minimum atomic E-state index is -1.03. The van der Waals surface area contributed by atoms with Crippen molar-refractivity contribution >= 4 is 18.3 Å². The zero-order valence-corrected chi connectivity index (χ0v) is 11.8. The molecule has 0 fully saturated rings. The van der Waals surface area contributed by atoms with Crippen LogP contribution in [-0.4, -0.2) is 18.0 Å². The molecule has 0 bridgehead atoms. The summed E-state index contributed by atoms with van der Waals surface area (Å²) in [5.74, 6) is -2.46. The molecule has 0 aliphatic carbocycles. The Morgan fingerprint density at radius 1 is 1.26 bits per heavy atom. The van der Waals surface area contributed by atoms with Crippen LogP contribution in [0.2, 0.25) is 0 Å². The van der Waals surface area contributed by atoms with Crippen LogP contribution in [0.25, 0.3) is 0 Å². The van der Waals surface area contributed by atoms with Crippen LogP contribution in [0.15, 0.2) is 18.2 Å². The summed E-state index contributed by atoms with van der Waals surface area (Å²) in [4.78, 5) is 11.7. The molecule has 1 rings (SSSR count). The number of halogens is 3. The molecule has 0 saturated heterocycles. The number of nitrogens with one attached hydrogen (secondary N) is 1. The maximum atomic E-state index is 13.0. The van der Waals surface area contributed by atoms with Gasteiger partial charge in [-0.15, -0.1) is 12.4 Å². The molecule has 1 aromatic carbocycles. The van der Waals surface area contributed by atoms with Crippen molar-refractivity contribution in [1.82, 2.24) is 5.32 Å². The number of rotatable bonds is 5. The Morgan fingerprint density at radius 2 is 1.84 bits per heavy atom. The number of hydrogen-bond acceptors (Lipinski definition) is 2. The van der Waals surface area contributed by atoms with E-state index in [1.807, 2.05) is 13.8 Å². The molecule has 0 saturated carbocycles. The van der Waals surface area contributed by atoms with Crippen molar-refractivity contribution in [3.63, 3.8) is 0 Å². The summed E-state index contributed by atoms with van der Waals surface area (Å²) in [6.45, 7) is 4.18. The number of hydrogen-bond donors (Lipinski definition) is 2. The van der Waals surface area contributed by atoms with Crippen LogP contribution in [0.5, 0.6) is 0 Å². The quantitative estimate of drug-likeness (QED) is 0.876. The molecule has 0 aliphatic heterocycles. The van der Waals surface area contributed by atoms with Gasteiger partial charge in [0.05, 0.1) is 0 Å². The zero-order chi connectivity index (χ0) is 13.8. The van der Waals surface area contributed by atoms with Crippen molar-refractivity contribution in [2.75, 3.05) is 6.54 Å². The van der Waals surface area contributed by atoms with Crippen molar-refractivity contribution in [3.05, 3.63) is 35.4 Å². The van der Waals surface area contributed by atoms with Gasteiger partial charge in [-0.2, -0.15) is 0 Å². The third-order valence-corrected chi connectivity index (χ3v) is 3.19. The molecule has 0 aliphatic rings. The van der Waals surface area contributed by atoms with Crippen LogP contribution < -0.4 is 11.1 Å². The fourth-order valence-electron chi connectivity index (χ4n) is 1.50. The molecule has 0 radical (unpaired) electrons. The predicted octanol–water partition coefficient (Wildman–Crippen LogP) is 2.63. The van der Waals surface area contributed by atoms with Crippen LogP contribution in [0, 0.1) is 11.6 Å². The van der Waals surface area contributed by atoms with E-state index in [0.717, 1.165) is 25.0 Å². The number of carbonyl (C=O) groups excluding carboxylic acids is 1. The van der Waals surface area contributed by atoms with Gasteiger partial charge in [0.2, 0.25) is 0 Å². The molecule has 3 N–H and O–H groups in total. The standard InChI is InChI=1S/C13H18F2N2O.ClH/c1-3-13(16,4-2)8-17-12(18)9-5-6-10(14)11(15)7-9;/h5-7H,3-4,8,16H2,1-2H3,(H,17,18);1H. The van der Waals surface area contributed by atoms with Gasteiger partial charge in [-0.25, -0.2) is 8.78 Å². The molecule has 3 nitrogen and oxygen atoms in total. The van der Waals surface area contributed by atoms with Gasteiger partial charge in [-0.3, -0.25) is 4.79 Å². The lowest BCUT2D eigenvalue weighted by Crippen LogP contribution is -2.49. The third-order valence-electron chi connectivity index (χ3n) is 3.19. The van der Waals surface area contributed by atoms with Gasteiger partial charge >= 0.3 is 0 Å². The fraction of sp³-hybridized carbons (Fsp3) is 0.462. The number of nitrogens with two attached hydrogens (primary N) is 1. The molecule has 6 heteroatoms. The topological polar surface area (TPSA) is 55.1 Å². The average Bonchev–Trinajstić information content (AvgIpc) is 2.38. The van der Waals surface area contributed by atoms with Crippen molar-refractivity contribution < 1.29 is 13.6 Å². The van der Waals surface area contributed by atoms with E-state index in [4.69, 9.17) is 5.73 Å². The molecule has 0 spiro atoms. The second-order valence-electron chi connectivity index (χ2n) is 4.38. The lowest BCUT2D eigenvalue weighted by atomic mass is 9.94. The Morgan fingerprint density at radius 3 is 2.32 bits per heavy atom. The van der Waals surface area contributed by atoms with Gasteiger partial charge in [0.25, 0.3) is 5.91 Å². The molecule has 108 valence electrons. The van der Waals surface area contributed by atoms with Gasteiger partial charge < -0.3 is 11.1 Å². The zero-order valence-electron chi connectivity index (χ0n) is 11.0. The second kappa shape index (κ2) is 7.40. The maximum Gasteiger partial charge on any atom is 0.251 e. The monoisotopic (exact) mass is 292 g/mol. The summed E-state index contributed by atoms with van der Waals surface area (Å²) in [6, 6.07) is 3.05. The van der Waals surface area contributed by atoms with Crippen LogP contribution in [0.4, 0.5) is 8.78 Å². The first-order chi connectivity index (χ1) is 8.41. The predicted molar refractivity (Wildman–Crippen MR) is 73.4 cm³/mol. The average molecular weight is 293 g/mol. The second-order valence-corrected chi connectivity index (χ2v) is 4.38. The molecular weight excluding hydrogens is 274 g/mol. The minimum Gasteiger partial charge on any atom is -0.350 e. The largest absolute Gasteiger partial charge is 0.350 e. The Bertz CT molecular complexity index is 437. The van der Waals surface area contributed by atoms with Crippen LogP contribution >= 0.6 is 12.4 Å². The van der Waals surface area contributed by atoms with Gasteiger partial charge in [0, 0.05) is 17.6 Å². The highest BCUT2D eigenvalue weighted by Crippen LogP contribution is 2.11. The van der Waals surface area contributed by atoms with Crippen molar-refractivity contribution in [2.45, 2.75) is 32.2 Å². The first kappa shape index (κ1) is 17.8. The smallest absolute Gasteiger partial charge is 0.251 e. The highest BCUT2D eigenvalue weighted by molar-refractivity contribution is 5.94. The molecule has 1 amide bonds. The minimum absolute atomic E-state index is 0. The van der Waals surface area contributed by atoms with E-state index in [9.17, 15) is 13.6 Å². The van der Waals surface area contributed by atoms with E-state index in [1.54, 1.807) is 0 Å². The van der Waals surface area contributed by atoms with Gasteiger partial charge in [0.15, 0.2) is 11.6 Å². The summed E-state index contributed by atoms with van der Waals surface area (Å²) >= 11 is 0. The van der Waals surface area contributed by atoms with Crippen LogP contribution in [0.3, 0.4) is 0 Å². The normalized spacial score (nSPS) is 10.8. The third kappa shape index (κ3) is 4.76. The van der Waals surface area contributed by atoms with E-state index in [2.05, 4.69) is 5.32 Å². The lowest BCUT2D eigenvalue weighted by Gasteiger charge is -2.26. The fourth-order valence-corrected chi connectivity index (χ4v) is 1.50. The summed E-state index contributed by atoms with van der Waals surface area (Å²) in [5.41, 5.74) is 5.65. The van der Waals surface area contributed by atoms with Crippen LogP contribution in [0.1, 0.15) is 37.0 Å². The molecule has 0 atom stereocenters. The first-order valence-electron chi connectivity index (χ1n) is 5.94. The van der Waals surface area contributed by atoms with Gasteiger partial charge in [-0.1, -0.05) is 13.8 Å². The van der Waals surface area contributed by atoms with E-state index in [1.165, 1.54) is 6.07 Å². The van der Waals surface area contributed by atoms with E-state index < -0.39 is 23.1 Å². The molecule has 0 aromatic heterocycles. The number of benzene rings is 1. The molecule has 19 heavy (non-hydrogen) atoms. The molecule has 1 aromatic rings. The Balaban J connectivity index is 0.00000324. The number of carbonyl (C=O) groups is 1. The summed E-state index contributed by atoms with van der Waals surface area (Å²) < 4.78 is 25.7. The highest BCUT2D eigenvalue weighted by atomic mass is 35.5. The molecular formula is C13H19ClF2N2O. The van der Waals surface area contributed by atoms with Crippen molar-refractivity contribution in [3.8, 4) is 0 Å². The van der Waals surface area contributed by atoms with Gasteiger partial charge in [-0.05, 0) is 31.0 Å². The van der Waals surface area contributed by atoms with E-state index >= 15 is 0 Å².